The van der Waals surface area contributed by atoms with Gasteiger partial charge in [0.15, 0.2) is 6.29 Å². The number of benzene rings is 1. The van der Waals surface area contributed by atoms with Gasteiger partial charge in [0.1, 0.15) is 5.54 Å². The summed E-state index contributed by atoms with van der Waals surface area (Å²) in [7, 11) is 0. The highest BCUT2D eigenvalue weighted by Crippen LogP contribution is 2.27. The molecular weight excluding hydrogens is 368 g/mol. The van der Waals surface area contributed by atoms with Crippen LogP contribution in [0.15, 0.2) is 28.7 Å². The number of carbonyl (C=O) groups excluding carboxylic acids is 3. The minimum absolute atomic E-state index is 0.0924. The van der Waals surface area contributed by atoms with Crippen molar-refractivity contribution in [3.05, 3.63) is 34.3 Å². The van der Waals surface area contributed by atoms with E-state index in [0.29, 0.717) is 11.8 Å². The summed E-state index contributed by atoms with van der Waals surface area (Å²) in [6.45, 7) is 4.96. The van der Waals surface area contributed by atoms with E-state index in [1.165, 1.54) is 6.92 Å². The fourth-order valence-electron chi connectivity index (χ4n) is 1.83. The number of amides is 2. The lowest BCUT2D eigenvalue weighted by atomic mass is 9.93. The molecule has 2 amide bonds. The first kappa shape index (κ1) is 19.0. The van der Waals surface area contributed by atoms with E-state index in [9.17, 15) is 14.4 Å². The van der Waals surface area contributed by atoms with Gasteiger partial charge in [0, 0.05) is 4.47 Å². The highest BCUT2D eigenvalue weighted by atomic mass is 79.9. The number of hydrogen-bond donors (Lipinski definition) is 1. The number of aldehydes is 1. The summed E-state index contributed by atoms with van der Waals surface area (Å²) >= 11 is 3.30. The van der Waals surface area contributed by atoms with Gasteiger partial charge < -0.3 is 14.3 Å². The average molecular weight is 387 g/mol. The fraction of sp³-hybridized carbons (Fsp3) is 0.400. The van der Waals surface area contributed by atoms with Crippen LogP contribution in [0, 0.1) is 0 Å². The number of halogens is 1. The van der Waals surface area contributed by atoms with Gasteiger partial charge in [-0.1, -0.05) is 28.1 Å². The van der Waals surface area contributed by atoms with Gasteiger partial charge in [-0.3, -0.25) is 0 Å². The Morgan fingerprint density at radius 3 is 2.26 bits per heavy atom. The summed E-state index contributed by atoms with van der Waals surface area (Å²) in [5.74, 6) is 0. The van der Waals surface area contributed by atoms with Crippen molar-refractivity contribution >= 4 is 34.4 Å². The number of hydrazine groups is 1. The van der Waals surface area contributed by atoms with Crippen LogP contribution < -0.4 is 5.43 Å². The topological polar surface area (TPSA) is 84.9 Å². The zero-order valence-corrected chi connectivity index (χ0v) is 14.8. The monoisotopic (exact) mass is 386 g/mol. The molecule has 7 nitrogen and oxygen atoms in total. The maximum absolute atomic E-state index is 12.2. The molecule has 0 saturated carbocycles. The Morgan fingerprint density at radius 1 is 1.22 bits per heavy atom. The van der Waals surface area contributed by atoms with Crippen LogP contribution in [0.25, 0.3) is 0 Å². The van der Waals surface area contributed by atoms with E-state index in [1.54, 1.807) is 38.1 Å². The lowest BCUT2D eigenvalue weighted by Crippen LogP contribution is -2.58. The Bertz CT molecular complexity index is 563. The second-order valence-corrected chi connectivity index (χ2v) is 5.55. The van der Waals surface area contributed by atoms with Crippen LogP contribution >= 0.6 is 15.9 Å². The van der Waals surface area contributed by atoms with Gasteiger partial charge in [-0.25, -0.2) is 15.0 Å². The highest BCUT2D eigenvalue weighted by Gasteiger charge is 2.40. The zero-order valence-electron chi connectivity index (χ0n) is 13.2. The second kappa shape index (κ2) is 8.52. The molecule has 0 aliphatic carbocycles. The van der Waals surface area contributed by atoms with Gasteiger partial charge in [0.25, 0.3) is 0 Å². The smallest absolute Gasteiger partial charge is 0.430 e. The van der Waals surface area contributed by atoms with Crippen molar-refractivity contribution in [3.63, 3.8) is 0 Å². The first-order valence-electron chi connectivity index (χ1n) is 7.01. The van der Waals surface area contributed by atoms with Crippen molar-refractivity contribution < 1.29 is 23.9 Å². The van der Waals surface area contributed by atoms with E-state index in [-0.39, 0.29) is 13.2 Å². The molecule has 1 aromatic rings. The van der Waals surface area contributed by atoms with Crippen LogP contribution in [-0.2, 0) is 19.8 Å². The molecule has 8 heteroatoms. The van der Waals surface area contributed by atoms with E-state index < -0.39 is 17.7 Å². The van der Waals surface area contributed by atoms with E-state index >= 15 is 0 Å². The van der Waals surface area contributed by atoms with Gasteiger partial charge in [0.2, 0.25) is 0 Å². The number of hydrogen-bond acceptors (Lipinski definition) is 5. The molecule has 0 saturated heterocycles. The van der Waals surface area contributed by atoms with Crippen molar-refractivity contribution in [1.82, 2.24) is 10.4 Å². The maximum Gasteiger partial charge on any atom is 0.430 e. The van der Waals surface area contributed by atoms with Gasteiger partial charge in [-0.2, -0.15) is 5.01 Å². The Labute approximate surface area is 143 Å². The first-order valence-corrected chi connectivity index (χ1v) is 7.81. The molecule has 0 aliphatic heterocycles. The molecule has 0 unspecified atom stereocenters. The molecule has 1 N–H and O–H groups in total. The summed E-state index contributed by atoms with van der Waals surface area (Å²) in [6.07, 6.45) is -1.16. The SMILES string of the molecule is CCOC(=O)NN(C(=O)OCC)[C@@](C)(C=O)c1ccc(Br)cc1. The van der Waals surface area contributed by atoms with Crippen molar-refractivity contribution in [2.45, 2.75) is 26.3 Å². The van der Waals surface area contributed by atoms with Crippen LogP contribution in [0.5, 0.6) is 0 Å². The molecule has 1 rings (SSSR count). The number of nitrogens with zero attached hydrogens (tertiary/aromatic N) is 1. The largest absolute Gasteiger partial charge is 0.449 e. The normalized spacial score (nSPS) is 12.7. The van der Waals surface area contributed by atoms with Gasteiger partial charge in [-0.15, -0.1) is 0 Å². The third kappa shape index (κ3) is 4.69. The van der Waals surface area contributed by atoms with Crippen molar-refractivity contribution in [2.24, 2.45) is 0 Å². The molecular formula is C15H19BrN2O5. The van der Waals surface area contributed by atoms with E-state index in [4.69, 9.17) is 9.47 Å². The second-order valence-electron chi connectivity index (χ2n) is 4.64. The molecule has 1 aromatic carbocycles. The summed E-state index contributed by atoms with van der Waals surface area (Å²) in [4.78, 5) is 35.6. The zero-order chi connectivity index (χ0) is 17.5. The minimum Gasteiger partial charge on any atom is -0.449 e. The summed E-state index contributed by atoms with van der Waals surface area (Å²) in [6, 6.07) is 6.78. The number of ether oxygens (including phenoxy) is 2. The lowest BCUT2D eigenvalue weighted by Gasteiger charge is -2.35. The van der Waals surface area contributed by atoms with Crippen molar-refractivity contribution in [2.75, 3.05) is 13.2 Å². The van der Waals surface area contributed by atoms with Crippen LogP contribution in [-0.4, -0.2) is 36.7 Å². The molecule has 23 heavy (non-hydrogen) atoms. The molecule has 0 aliphatic rings. The molecule has 126 valence electrons. The molecule has 0 aromatic heterocycles. The summed E-state index contributed by atoms with van der Waals surface area (Å²) in [5.41, 5.74) is 1.30. The van der Waals surface area contributed by atoms with Gasteiger partial charge in [-0.05, 0) is 38.5 Å². The first-order chi connectivity index (χ1) is 10.9. The van der Waals surface area contributed by atoms with Crippen LogP contribution in [0.3, 0.4) is 0 Å². The third-order valence-electron chi connectivity index (χ3n) is 3.05. The molecule has 0 spiro atoms. The van der Waals surface area contributed by atoms with E-state index in [0.717, 1.165) is 9.48 Å². The van der Waals surface area contributed by atoms with E-state index in [2.05, 4.69) is 21.4 Å². The van der Waals surface area contributed by atoms with Crippen LogP contribution in [0.2, 0.25) is 0 Å². The standard InChI is InChI=1S/C15H19BrN2O5/c1-4-22-13(20)17-18(14(21)23-5-2)15(3,10-19)11-6-8-12(16)9-7-11/h6-10H,4-5H2,1-3H3,(H,17,20)/t15-/m0/s1. The number of nitrogens with one attached hydrogen (secondary N) is 1. The Kier molecular flexibility index (Phi) is 7.02. The molecule has 0 fully saturated rings. The predicted octanol–water partition coefficient (Wildman–Crippen LogP) is 2.98. The quantitative estimate of drug-likeness (QED) is 0.620. The Hall–Kier alpha value is -2.09. The van der Waals surface area contributed by atoms with Gasteiger partial charge in [0.05, 0.1) is 13.2 Å². The molecule has 0 heterocycles. The summed E-state index contributed by atoms with van der Waals surface area (Å²) in [5, 5.41) is 0.824. The maximum atomic E-state index is 12.2. The Morgan fingerprint density at radius 2 is 1.78 bits per heavy atom. The van der Waals surface area contributed by atoms with Crippen LogP contribution in [0.4, 0.5) is 9.59 Å². The van der Waals surface area contributed by atoms with Gasteiger partial charge >= 0.3 is 12.2 Å². The molecule has 0 radical (unpaired) electrons. The number of rotatable bonds is 5. The van der Waals surface area contributed by atoms with Crippen molar-refractivity contribution in [3.8, 4) is 0 Å². The lowest BCUT2D eigenvalue weighted by molar-refractivity contribution is -0.119. The highest BCUT2D eigenvalue weighted by molar-refractivity contribution is 9.10. The fourth-order valence-corrected chi connectivity index (χ4v) is 2.10. The predicted molar refractivity (Wildman–Crippen MR) is 86.6 cm³/mol. The minimum atomic E-state index is -1.46. The Balaban J connectivity index is 3.22. The number of carbonyl (C=O) groups is 3. The third-order valence-corrected chi connectivity index (χ3v) is 3.58. The van der Waals surface area contributed by atoms with Crippen LogP contribution in [0.1, 0.15) is 26.3 Å². The van der Waals surface area contributed by atoms with E-state index in [1.807, 2.05) is 0 Å². The average Bonchev–Trinajstić information content (AvgIpc) is 2.53. The molecule has 1 atom stereocenters. The molecule has 0 bridgehead atoms. The summed E-state index contributed by atoms with van der Waals surface area (Å²) < 4.78 is 10.5. The van der Waals surface area contributed by atoms with Crippen molar-refractivity contribution in [1.29, 1.82) is 0 Å².